The van der Waals surface area contributed by atoms with Crippen LogP contribution in [0.25, 0.3) is 5.69 Å². The normalized spacial score (nSPS) is 20.5. The van der Waals surface area contributed by atoms with Gasteiger partial charge in [-0.25, -0.2) is 14.5 Å². The molecule has 9 heteroatoms. The molecule has 2 amide bonds. The average molecular weight is 529 g/mol. The molecule has 0 radical (unpaired) electrons. The number of benzene rings is 2. The van der Waals surface area contributed by atoms with Gasteiger partial charge in [0.2, 0.25) is 0 Å². The SMILES string of the molecule is CCN1C(=O)N2Cc3cc(OC)cc(OC)c3[C@@H](C)C=C2C12CCN(Cc1cccc(-n3cncn3)c1)CC2. The number of methoxy groups -OCH3 is 2. The van der Waals surface area contributed by atoms with Crippen LogP contribution < -0.4 is 9.47 Å². The number of piperidine rings is 1. The first kappa shape index (κ1) is 25.4. The number of nitrogens with zero attached hydrogens (tertiary/aromatic N) is 6. The van der Waals surface area contributed by atoms with Gasteiger partial charge in [0.15, 0.2) is 0 Å². The van der Waals surface area contributed by atoms with Gasteiger partial charge in [-0.1, -0.05) is 25.1 Å². The monoisotopic (exact) mass is 528 g/mol. The molecule has 2 fully saturated rings. The number of urea groups is 1. The van der Waals surface area contributed by atoms with Gasteiger partial charge in [-0.05, 0) is 49.1 Å². The first-order valence-corrected chi connectivity index (χ1v) is 13.7. The molecule has 0 unspecified atom stereocenters. The summed E-state index contributed by atoms with van der Waals surface area (Å²) in [5.41, 5.74) is 5.32. The summed E-state index contributed by atoms with van der Waals surface area (Å²) in [6.07, 6.45) is 7.39. The number of allylic oxidation sites excluding steroid dienone is 1. The number of ether oxygens (including phenoxy) is 2. The molecular formula is C30H36N6O3. The number of hydrogen-bond acceptors (Lipinski definition) is 6. The number of fused-ring (bicyclic) bond motifs is 3. The lowest BCUT2D eigenvalue weighted by Crippen LogP contribution is -2.53. The number of likely N-dealkylation sites (N-methyl/N-ethyl adjacent to an activating group) is 1. The summed E-state index contributed by atoms with van der Waals surface area (Å²) in [4.78, 5) is 24.5. The van der Waals surface area contributed by atoms with Crippen molar-refractivity contribution in [3.63, 3.8) is 0 Å². The number of amides is 2. The quantitative estimate of drug-likeness (QED) is 0.466. The Hall–Kier alpha value is -3.85. The summed E-state index contributed by atoms with van der Waals surface area (Å²) >= 11 is 0. The van der Waals surface area contributed by atoms with E-state index < -0.39 is 0 Å². The summed E-state index contributed by atoms with van der Waals surface area (Å²) in [7, 11) is 3.36. The zero-order chi connectivity index (χ0) is 27.1. The lowest BCUT2D eigenvalue weighted by molar-refractivity contribution is 0.0888. The van der Waals surface area contributed by atoms with E-state index in [9.17, 15) is 4.79 Å². The van der Waals surface area contributed by atoms with Crippen molar-refractivity contribution in [2.75, 3.05) is 33.9 Å². The van der Waals surface area contributed by atoms with Crippen molar-refractivity contribution in [1.29, 1.82) is 0 Å². The maximum absolute atomic E-state index is 13.9. The van der Waals surface area contributed by atoms with E-state index in [-0.39, 0.29) is 17.5 Å². The molecular weight excluding hydrogens is 492 g/mol. The molecule has 2 aromatic carbocycles. The van der Waals surface area contributed by atoms with Gasteiger partial charge in [0.25, 0.3) is 0 Å². The van der Waals surface area contributed by atoms with Crippen LogP contribution in [0.5, 0.6) is 11.5 Å². The Balaban J connectivity index is 1.27. The second-order valence-corrected chi connectivity index (χ2v) is 10.7. The molecule has 4 heterocycles. The minimum absolute atomic E-state index is 0.0968. The van der Waals surface area contributed by atoms with Crippen LogP contribution in [0, 0.1) is 0 Å². The molecule has 204 valence electrons. The average Bonchev–Trinajstić information content (AvgIpc) is 3.52. The van der Waals surface area contributed by atoms with Crippen molar-refractivity contribution in [3.05, 3.63) is 77.5 Å². The second-order valence-electron chi connectivity index (χ2n) is 10.7. The number of carbonyl (C=O) groups excluding carboxylic acids is 1. The van der Waals surface area contributed by atoms with Gasteiger partial charge in [-0.15, -0.1) is 0 Å². The van der Waals surface area contributed by atoms with Crippen molar-refractivity contribution in [2.24, 2.45) is 0 Å². The molecule has 1 spiro atoms. The van der Waals surface area contributed by atoms with Crippen LogP contribution in [-0.2, 0) is 13.1 Å². The Kier molecular flexibility index (Phi) is 6.54. The van der Waals surface area contributed by atoms with Crippen LogP contribution in [0.3, 0.4) is 0 Å². The van der Waals surface area contributed by atoms with E-state index >= 15 is 0 Å². The molecule has 6 rings (SSSR count). The zero-order valence-corrected chi connectivity index (χ0v) is 23.1. The molecule has 0 N–H and O–H groups in total. The third-order valence-electron chi connectivity index (χ3n) is 8.59. The van der Waals surface area contributed by atoms with Gasteiger partial charge in [-0.2, -0.15) is 5.10 Å². The molecule has 1 atom stereocenters. The summed E-state index contributed by atoms with van der Waals surface area (Å²) < 4.78 is 13.1. The number of likely N-dealkylation sites (tertiary alicyclic amines) is 1. The fourth-order valence-corrected chi connectivity index (χ4v) is 6.74. The number of hydrogen-bond donors (Lipinski definition) is 0. The van der Waals surface area contributed by atoms with Crippen molar-refractivity contribution in [2.45, 2.75) is 51.2 Å². The minimum Gasteiger partial charge on any atom is -0.497 e. The molecule has 1 aromatic heterocycles. The number of aromatic nitrogens is 3. The molecule has 3 aliphatic rings. The lowest BCUT2D eigenvalue weighted by atomic mass is 9.82. The van der Waals surface area contributed by atoms with E-state index in [1.807, 2.05) is 17.0 Å². The maximum Gasteiger partial charge on any atom is 0.325 e. The van der Waals surface area contributed by atoms with Gasteiger partial charge in [-0.3, -0.25) is 9.80 Å². The van der Waals surface area contributed by atoms with Gasteiger partial charge in [0.1, 0.15) is 24.2 Å². The highest BCUT2D eigenvalue weighted by atomic mass is 16.5. The first-order valence-electron chi connectivity index (χ1n) is 13.7. The standard InChI is InChI=1S/C30H36N6O3/c1-5-35-29(37)34-18-23-15-25(38-3)16-26(39-4)28(23)21(2)13-27(34)30(35)9-11-33(12-10-30)17-22-7-6-8-24(14-22)36-20-31-19-32-36/h6-8,13-16,19-21H,5,9-12,17-18H2,1-4H3/t21-/m0/s1. The Morgan fingerprint density at radius 2 is 1.92 bits per heavy atom. The molecule has 3 aliphatic heterocycles. The summed E-state index contributed by atoms with van der Waals surface area (Å²) in [5, 5.41) is 4.26. The highest BCUT2D eigenvalue weighted by molar-refractivity contribution is 5.83. The minimum atomic E-state index is -0.293. The van der Waals surface area contributed by atoms with Gasteiger partial charge in [0.05, 0.1) is 32.0 Å². The van der Waals surface area contributed by atoms with Crippen molar-refractivity contribution in [3.8, 4) is 17.2 Å². The van der Waals surface area contributed by atoms with E-state index in [1.54, 1.807) is 31.6 Å². The molecule has 0 aliphatic carbocycles. The maximum atomic E-state index is 13.9. The van der Waals surface area contributed by atoms with Gasteiger partial charge >= 0.3 is 6.03 Å². The van der Waals surface area contributed by atoms with Crippen molar-refractivity contribution < 1.29 is 14.3 Å². The summed E-state index contributed by atoms with van der Waals surface area (Å²) in [6.45, 7) is 8.21. The first-order chi connectivity index (χ1) is 19.0. The smallest absolute Gasteiger partial charge is 0.325 e. The third-order valence-corrected chi connectivity index (χ3v) is 8.59. The highest BCUT2D eigenvalue weighted by Crippen LogP contribution is 2.49. The van der Waals surface area contributed by atoms with Crippen LogP contribution in [-0.4, -0.2) is 74.9 Å². The Morgan fingerprint density at radius 3 is 2.62 bits per heavy atom. The number of rotatable bonds is 6. The second kappa shape index (κ2) is 10.0. The van der Waals surface area contributed by atoms with E-state index in [0.29, 0.717) is 13.1 Å². The fraction of sp³-hybridized carbons (Fsp3) is 0.433. The third kappa shape index (κ3) is 4.25. The predicted octanol–water partition coefficient (Wildman–Crippen LogP) is 4.58. The van der Waals surface area contributed by atoms with Crippen molar-refractivity contribution in [1.82, 2.24) is 29.5 Å². The molecule has 2 saturated heterocycles. The molecule has 9 nitrogen and oxygen atoms in total. The Labute approximate surface area is 229 Å². The zero-order valence-electron chi connectivity index (χ0n) is 23.1. The number of carbonyl (C=O) groups is 1. The van der Waals surface area contributed by atoms with Crippen molar-refractivity contribution >= 4 is 6.03 Å². The largest absolute Gasteiger partial charge is 0.497 e. The highest BCUT2D eigenvalue weighted by Gasteiger charge is 2.54. The molecule has 0 saturated carbocycles. The molecule has 3 aromatic rings. The van der Waals surface area contributed by atoms with E-state index in [4.69, 9.17) is 9.47 Å². The topological polar surface area (TPSA) is 76.0 Å². The van der Waals surface area contributed by atoms with Crippen LogP contribution in [0.15, 0.2) is 60.8 Å². The summed E-state index contributed by atoms with van der Waals surface area (Å²) in [6, 6.07) is 12.5. The Morgan fingerprint density at radius 1 is 1.10 bits per heavy atom. The van der Waals surface area contributed by atoms with Crippen LogP contribution in [0.2, 0.25) is 0 Å². The molecule has 39 heavy (non-hydrogen) atoms. The van der Waals surface area contributed by atoms with E-state index in [2.05, 4.69) is 64.1 Å². The fourth-order valence-electron chi connectivity index (χ4n) is 6.74. The van der Waals surface area contributed by atoms with E-state index in [1.165, 1.54) is 5.56 Å². The summed E-state index contributed by atoms with van der Waals surface area (Å²) in [5.74, 6) is 1.67. The van der Waals surface area contributed by atoms with E-state index in [0.717, 1.165) is 66.5 Å². The lowest BCUT2D eigenvalue weighted by Gasteiger charge is -2.44. The van der Waals surface area contributed by atoms with Gasteiger partial charge < -0.3 is 14.4 Å². The predicted molar refractivity (Wildman–Crippen MR) is 148 cm³/mol. The van der Waals surface area contributed by atoms with Gasteiger partial charge in [0, 0.05) is 49.4 Å². The van der Waals surface area contributed by atoms with Crippen LogP contribution in [0.4, 0.5) is 4.79 Å². The molecule has 0 bridgehead atoms. The Bertz CT molecular complexity index is 1390. The van der Waals surface area contributed by atoms with Crippen LogP contribution >= 0.6 is 0 Å². The van der Waals surface area contributed by atoms with Crippen LogP contribution in [0.1, 0.15) is 49.3 Å².